The fourth-order valence-corrected chi connectivity index (χ4v) is 3.12. The first-order chi connectivity index (χ1) is 9.54. The first-order valence-corrected chi connectivity index (χ1v) is 7.27. The minimum Gasteiger partial charge on any atom is -0.397 e. The molecular weight excluding hydrogens is 274 g/mol. The Balaban J connectivity index is 2.19. The molecule has 108 valence electrons. The Labute approximate surface area is 122 Å². The van der Waals surface area contributed by atoms with Gasteiger partial charge in [0.25, 0.3) is 5.91 Å². The number of fused-ring (bicyclic) bond motifs is 1. The molecule has 5 nitrogen and oxygen atoms in total. The normalized spacial score (nSPS) is 12.6. The molecule has 1 amide bonds. The van der Waals surface area contributed by atoms with Gasteiger partial charge in [-0.1, -0.05) is 6.92 Å². The van der Waals surface area contributed by atoms with Crippen molar-refractivity contribution in [3.63, 3.8) is 0 Å². The molecular formula is C14H19N3O2S. The summed E-state index contributed by atoms with van der Waals surface area (Å²) in [5.74, 6) is 0.118. The number of nitrogens with one attached hydrogen (secondary N) is 1. The van der Waals surface area contributed by atoms with Crippen LogP contribution >= 0.6 is 11.3 Å². The zero-order valence-corrected chi connectivity index (χ0v) is 12.7. The average Bonchev–Trinajstić information content (AvgIpc) is 2.75. The number of hydrogen-bond donors (Lipinski definition) is 2. The third kappa shape index (κ3) is 2.91. The van der Waals surface area contributed by atoms with Crippen molar-refractivity contribution in [3.8, 4) is 0 Å². The number of thiophene rings is 1. The molecule has 0 radical (unpaired) electrons. The fraction of sp³-hybridized carbons (Fsp3) is 0.429. The molecule has 0 spiro atoms. The van der Waals surface area contributed by atoms with E-state index in [1.165, 1.54) is 11.3 Å². The van der Waals surface area contributed by atoms with Crippen LogP contribution in [0.2, 0.25) is 0 Å². The molecule has 0 aliphatic carbocycles. The van der Waals surface area contributed by atoms with E-state index in [4.69, 9.17) is 10.5 Å². The Kier molecular flexibility index (Phi) is 4.57. The van der Waals surface area contributed by atoms with Gasteiger partial charge in [0.1, 0.15) is 9.71 Å². The molecule has 1 atom stereocenters. The quantitative estimate of drug-likeness (QED) is 0.886. The van der Waals surface area contributed by atoms with Gasteiger partial charge in [0, 0.05) is 25.2 Å². The molecule has 3 N–H and O–H groups in total. The number of carbonyl (C=O) groups is 1. The molecule has 20 heavy (non-hydrogen) atoms. The van der Waals surface area contributed by atoms with Crippen molar-refractivity contribution in [1.29, 1.82) is 0 Å². The molecule has 2 aromatic rings. The van der Waals surface area contributed by atoms with Crippen LogP contribution in [0, 0.1) is 12.8 Å². The maximum atomic E-state index is 12.2. The van der Waals surface area contributed by atoms with Gasteiger partial charge in [-0.15, -0.1) is 11.3 Å². The molecule has 0 fully saturated rings. The second-order valence-corrected chi connectivity index (χ2v) is 5.92. The molecule has 0 aliphatic rings. The van der Waals surface area contributed by atoms with Crippen LogP contribution in [0.1, 0.15) is 22.2 Å². The van der Waals surface area contributed by atoms with E-state index in [-0.39, 0.29) is 11.8 Å². The average molecular weight is 293 g/mol. The van der Waals surface area contributed by atoms with Gasteiger partial charge in [-0.25, -0.2) is 4.98 Å². The summed E-state index contributed by atoms with van der Waals surface area (Å²) in [6.45, 7) is 5.16. The first-order valence-electron chi connectivity index (χ1n) is 6.45. The maximum absolute atomic E-state index is 12.2. The SMILES string of the molecule is COCC(C)CNC(=O)c1sc2nccc(C)c2c1N. The summed E-state index contributed by atoms with van der Waals surface area (Å²) in [6, 6.07) is 1.90. The first kappa shape index (κ1) is 14.7. The molecule has 0 bridgehead atoms. The highest BCUT2D eigenvalue weighted by molar-refractivity contribution is 7.21. The number of anilines is 1. The van der Waals surface area contributed by atoms with E-state index in [0.717, 1.165) is 15.8 Å². The predicted octanol–water partition coefficient (Wildman–Crippen LogP) is 2.20. The van der Waals surface area contributed by atoms with Crippen molar-refractivity contribution in [3.05, 3.63) is 22.7 Å². The monoisotopic (exact) mass is 293 g/mol. The van der Waals surface area contributed by atoms with E-state index in [2.05, 4.69) is 10.3 Å². The number of amides is 1. The van der Waals surface area contributed by atoms with Crippen LogP contribution in [0.25, 0.3) is 10.2 Å². The Morgan fingerprint density at radius 2 is 2.35 bits per heavy atom. The van der Waals surface area contributed by atoms with E-state index < -0.39 is 0 Å². The van der Waals surface area contributed by atoms with Crippen LogP contribution in [-0.2, 0) is 4.74 Å². The summed E-state index contributed by atoms with van der Waals surface area (Å²) < 4.78 is 5.05. The lowest BCUT2D eigenvalue weighted by atomic mass is 10.1. The lowest BCUT2D eigenvalue weighted by Gasteiger charge is -2.11. The van der Waals surface area contributed by atoms with Crippen molar-refractivity contribution < 1.29 is 9.53 Å². The van der Waals surface area contributed by atoms with E-state index in [0.29, 0.717) is 23.7 Å². The largest absolute Gasteiger partial charge is 0.397 e. The van der Waals surface area contributed by atoms with Crippen molar-refractivity contribution in [2.45, 2.75) is 13.8 Å². The van der Waals surface area contributed by atoms with Crippen molar-refractivity contribution in [2.75, 3.05) is 26.0 Å². The molecule has 1 unspecified atom stereocenters. The lowest BCUT2D eigenvalue weighted by molar-refractivity contribution is 0.0939. The smallest absolute Gasteiger partial charge is 0.263 e. The van der Waals surface area contributed by atoms with Crippen molar-refractivity contribution in [1.82, 2.24) is 10.3 Å². The maximum Gasteiger partial charge on any atom is 0.263 e. The zero-order chi connectivity index (χ0) is 14.7. The molecule has 0 saturated heterocycles. The van der Waals surface area contributed by atoms with Crippen LogP contribution in [0.5, 0.6) is 0 Å². The molecule has 6 heteroatoms. The fourth-order valence-electron chi connectivity index (χ4n) is 2.06. The van der Waals surface area contributed by atoms with Crippen LogP contribution in [-0.4, -0.2) is 31.2 Å². The highest BCUT2D eigenvalue weighted by Crippen LogP contribution is 2.34. The highest BCUT2D eigenvalue weighted by atomic mass is 32.1. The number of nitrogen functional groups attached to an aromatic ring is 1. The van der Waals surface area contributed by atoms with E-state index in [1.807, 2.05) is 19.9 Å². The van der Waals surface area contributed by atoms with Gasteiger partial charge in [0.05, 0.1) is 12.3 Å². The third-order valence-corrected chi connectivity index (χ3v) is 4.22. The van der Waals surface area contributed by atoms with E-state index in [9.17, 15) is 4.79 Å². The molecule has 2 aromatic heterocycles. The number of aryl methyl sites for hydroxylation is 1. The molecule has 0 saturated carbocycles. The number of rotatable bonds is 5. The molecule has 2 rings (SSSR count). The number of nitrogens with two attached hydrogens (primary N) is 1. The number of methoxy groups -OCH3 is 1. The van der Waals surface area contributed by atoms with Gasteiger partial charge in [0.2, 0.25) is 0 Å². The van der Waals surface area contributed by atoms with Crippen LogP contribution < -0.4 is 11.1 Å². The van der Waals surface area contributed by atoms with Gasteiger partial charge < -0.3 is 15.8 Å². The van der Waals surface area contributed by atoms with Crippen LogP contribution in [0.15, 0.2) is 12.3 Å². The summed E-state index contributed by atoms with van der Waals surface area (Å²) in [5, 5.41) is 3.77. The zero-order valence-electron chi connectivity index (χ0n) is 11.9. The van der Waals surface area contributed by atoms with E-state index >= 15 is 0 Å². The summed E-state index contributed by atoms with van der Waals surface area (Å²) in [5.41, 5.74) is 7.65. The highest BCUT2D eigenvalue weighted by Gasteiger charge is 2.18. The van der Waals surface area contributed by atoms with Crippen LogP contribution in [0.3, 0.4) is 0 Å². The minimum absolute atomic E-state index is 0.146. The number of hydrogen-bond acceptors (Lipinski definition) is 5. The van der Waals surface area contributed by atoms with Crippen LogP contribution in [0.4, 0.5) is 5.69 Å². The van der Waals surface area contributed by atoms with Crippen molar-refractivity contribution >= 4 is 33.1 Å². The molecule has 0 aliphatic heterocycles. The predicted molar refractivity (Wildman–Crippen MR) is 82.1 cm³/mol. The number of carbonyl (C=O) groups excluding carboxylic acids is 1. The number of ether oxygens (including phenoxy) is 1. The molecule has 0 aromatic carbocycles. The summed E-state index contributed by atoms with van der Waals surface area (Å²) in [7, 11) is 1.65. The van der Waals surface area contributed by atoms with Crippen molar-refractivity contribution in [2.24, 2.45) is 5.92 Å². The second kappa shape index (κ2) is 6.19. The Bertz CT molecular complexity index is 624. The number of pyridine rings is 1. The standard InChI is InChI=1S/C14H19N3O2S/c1-8(7-19-3)6-17-13(18)12-11(15)10-9(2)4-5-16-14(10)20-12/h4-5,8H,6-7,15H2,1-3H3,(H,17,18). The summed E-state index contributed by atoms with van der Waals surface area (Å²) >= 11 is 1.33. The number of aromatic nitrogens is 1. The van der Waals surface area contributed by atoms with Gasteiger partial charge >= 0.3 is 0 Å². The Morgan fingerprint density at radius 1 is 1.60 bits per heavy atom. The van der Waals surface area contributed by atoms with E-state index in [1.54, 1.807) is 13.3 Å². The second-order valence-electron chi connectivity index (χ2n) is 4.92. The Morgan fingerprint density at radius 3 is 3.00 bits per heavy atom. The Hall–Kier alpha value is -1.66. The summed E-state index contributed by atoms with van der Waals surface area (Å²) in [4.78, 5) is 17.8. The number of nitrogens with zero attached hydrogens (tertiary/aromatic N) is 1. The summed E-state index contributed by atoms with van der Waals surface area (Å²) in [6.07, 6.45) is 1.73. The van der Waals surface area contributed by atoms with Gasteiger partial charge in [-0.05, 0) is 24.5 Å². The lowest BCUT2D eigenvalue weighted by Crippen LogP contribution is -2.29. The van der Waals surface area contributed by atoms with Gasteiger partial charge in [-0.3, -0.25) is 4.79 Å². The minimum atomic E-state index is -0.146. The molecule has 2 heterocycles. The van der Waals surface area contributed by atoms with Gasteiger partial charge in [0.15, 0.2) is 0 Å². The third-order valence-electron chi connectivity index (χ3n) is 3.11. The topological polar surface area (TPSA) is 77.2 Å². The van der Waals surface area contributed by atoms with Gasteiger partial charge in [-0.2, -0.15) is 0 Å².